The van der Waals surface area contributed by atoms with E-state index < -0.39 is 0 Å². The molecule has 3 rings (SSSR count). The molecule has 1 aromatic rings. The van der Waals surface area contributed by atoms with Crippen molar-refractivity contribution in [3.05, 3.63) is 22.4 Å². The maximum atomic E-state index is 12.4. The average Bonchev–Trinajstić information content (AvgIpc) is 3.06. The van der Waals surface area contributed by atoms with Crippen LogP contribution in [0.3, 0.4) is 0 Å². The van der Waals surface area contributed by atoms with Gasteiger partial charge < -0.3 is 15.3 Å². The largest absolute Gasteiger partial charge is 0.391 e. The predicted molar refractivity (Wildman–Crippen MR) is 92.6 cm³/mol. The normalized spacial score (nSPS) is 29.5. The van der Waals surface area contributed by atoms with E-state index in [4.69, 9.17) is 0 Å². The van der Waals surface area contributed by atoms with Crippen LogP contribution < -0.4 is 5.32 Å². The maximum absolute atomic E-state index is 12.4. The lowest BCUT2D eigenvalue weighted by Gasteiger charge is -2.39. The second-order valence-electron chi connectivity index (χ2n) is 6.77. The Labute approximate surface area is 142 Å². The predicted octanol–water partition coefficient (Wildman–Crippen LogP) is 2.30. The lowest BCUT2D eigenvalue weighted by Crippen LogP contribution is -2.49. The van der Waals surface area contributed by atoms with E-state index in [0.29, 0.717) is 25.0 Å². The van der Waals surface area contributed by atoms with Crippen molar-refractivity contribution in [2.75, 3.05) is 33.2 Å². The first-order valence-corrected chi connectivity index (χ1v) is 9.47. The number of carbonyl (C=O) groups excluding carboxylic acids is 1. The molecule has 2 N–H and O–H groups in total. The molecule has 0 aromatic carbocycles. The Morgan fingerprint density at radius 3 is 2.96 bits per heavy atom. The van der Waals surface area contributed by atoms with Crippen LogP contribution in [0.15, 0.2) is 17.5 Å². The summed E-state index contributed by atoms with van der Waals surface area (Å²) in [6, 6.07) is 4.68. The van der Waals surface area contributed by atoms with Crippen molar-refractivity contribution in [3.63, 3.8) is 0 Å². The number of urea groups is 1. The van der Waals surface area contributed by atoms with Crippen LogP contribution in [-0.4, -0.2) is 60.3 Å². The van der Waals surface area contributed by atoms with E-state index in [-0.39, 0.29) is 12.1 Å². The van der Waals surface area contributed by atoms with Crippen molar-refractivity contribution in [1.82, 2.24) is 15.1 Å². The van der Waals surface area contributed by atoms with Gasteiger partial charge in [-0.1, -0.05) is 6.07 Å². The average molecular weight is 337 g/mol. The number of thiophene rings is 1. The van der Waals surface area contributed by atoms with Crippen molar-refractivity contribution in [1.29, 1.82) is 0 Å². The molecule has 2 fully saturated rings. The number of amides is 2. The molecule has 3 unspecified atom stereocenters. The van der Waals surface area contributed by atoms with Gasteiger partial charge in [0.05, 0.1) is 6.10 Å². The highest BCUT2D eigenvalue weighted by molar-refractivity contribution is 7.10. The van der Waals surface area contributed by atoms with Crippen LogP contribution in [0.5, 0.6) is 0 Å². The zero-order chi connectivity index (χ0) is 16.2. The highest BCUT2D eigenvalue weighted by Crippen LogP contribution is 2.36. The number of nitrogens with one attached hydrogen (secondary N) is 1. The molecule has 6 heteroatoms. The summed E-state index contributed by atoms with van der Waals surface area (Å²) >= 11 is 1.80. The number of aliphatic hydroxyl groups excluding tert-OH is 1. The van der Waals surface area contributed by atoms with Gasteiger partial charge in [-0.3, -0.25) is 4.90 Å². The van der Waals surface area contributed by atoms with E-state index in [0.717, 1.165) is 32.4 Å². The van der Waals surface area contributed by atoms with Crippen molar-refractivity contribution in [3.8, 4) is 0 Å². The first-order valence-electron chi connectivity index (χ1n) is 8.59. The highest BCUT2D eigenvalue weighted by atomic mass is 32.1. The Hall–Kier alpha value is -1.11. The molecule has 128 valence electrons. The molecule has 2 amide bonds. The number of nitrogens with zero attached hydrogens (tertiary/aromatic N) is 2. The van der Waals surface area contributed by atoms with Gasteiger partial charge in [0.15, 0.2) is 0 Å². The Morgan fingerprint density at radius 2 is 2.22 bits per heavy atom. The van der Waals surface area contributed by atoms with Gasteiger partial charge in [0, 0.05) is 30.6 Å². The molecule has 0 bridgehead atoms. The molecule has 2 saturated heterocycles. The third-order valence-electron chi connectivity index (χ3n) is 5.04. The standard InChI is InChI=1S/C17H27N3O2S/c1-19-8-2-5-13(16(19)15-7-4-10-23-15)11-18-17(22)20-9-3-6-14(21)12-20/h4,7,10,13-14,16,21H,2-3,5-6,8-9,11-12H2,1H3,(H,18,22). The zero-order valence-electron chi connectivity index (χ0n) is 13.8. The van der Waals surface area contributed by atoms with E-state index in [1.54, 1.807) is 16.2 Å². The van der Waals surface area contributed by atoms with Crippen LogP contribution in [0.4, 0.5) is 4.79 Å². The molecule has 5 nitrogen and oxygen atoms in total. The number of aliphatic hydroxyl groups is 1. The third kappa shape index (κ3) is 4.05. The smallest absolute Gasteiger partial charge is 0.317 e. The molecule has 3 atom stereocenters. The molecule has 2 aliphatic heterocycles. The van der Waals surface area contributed by atoms with E-state index in [2.05, 4.69) is 34.8 Å². The van der Waals surface area contributed by atoms with Gasteiger partial charge in [-0.2, -0.15) is 0 Å². The molecule has 0 radical (unpaired) electrons. The topological polar surface area (TPSA) is 55.8 Å². The number of rotatable bonds is 3. The van der Waals surface area contributed by atoms with Gasteiger partial charge in [-0.05, 0) is 56.6 Å². The monoisotopic (exact) mass is 337 g/mol. The Bertz CT molecular complexity index is 508. The summed E-state index contributed by atoms with van der Waals surface area (Å²) in [5, 5.41) is 15.0. The summed E-state index contributed by atoms with van der Waals surface area (Å²) in [7, 11) is 2.18. The third-order valence-corrected chi connectivity index (χ3v) is 5.98. The van der Waals surface area contributed by atoms with Crippen LogP contribution in [0.2, 0.25) is 0 Å². The van der Waals surface area contributed by atoms with E-state index >= 15 is 0 Å². The van der Waals surface area contributed by atoms with Gasteiger partial charge in [0.1, 0.15) is 0 Å². The lowest BCUT2D eigenvalue weighted by molar-refractivity contribution is 0.0814. The van der Waals surface area contributed by atoms with Crippen molar-refractivity contribution in [2.45, 2.75) is 37.8 Å². The van der Waals surface area contributed by atoms with Gasteiger partial charge in [-0.15, -0.1) is 11.3 Å². The van der Waals surface area contributed by atoms with E-state index in [1.165, 1.54) is 11.3 Å². The highest BCUT2D eigenvalue weighted by Gasteiger charge is 2.32. The number of β-amino-alcohol motifs (C(OH)–C–C–N with tert-alkyl or cyclic N) is 1. The van der Waals surface area contributed by atoms with Gasteiger partial charge in [0.2, 0.25) is 0 Å². The summed E-state index contributed by atoms with van der Waals surface area (Å²) in [4.78, 5) is 17.9. The second-order valence-corrected chi connectivity index (χ2v) is 7.75. The fourth-order valence-electron chi connectivity index (χ4n) is 3.85. The van der Waals surface area contributed by atoms with Crippen LogP contribution in [-0.2, 0) is 0 Å². The molecular formula is C17H27N3O2S. The van der Waals surface area contributed by atoms with Crippen molar-refractivity contribution in [2.24, 2.45) is 5.92 Å². The first-order chi connectivity index (χ1) is 11.1. The first kappa shape index (κ1) is 16.7. The molecule has 2 aliphatic rings. The molecule has 1 aromatic heterocycles. The Kier molecular flexibility index (Phi) is 5.56. The maximum Gasteiger partial charge on any atom is 0.317 e. The minimum Gasteiger partial charge on any atom is -0.391 e. The number of hydrogen-bond donors (Lipinski definition) is 2. The van der Waals surface area contributed by atoms with Crippen LogP contribution in [0.1, 0.15) is 36.6 Å². The summed E-state index contributed by atoms with van der Waals surface area (Å²) in [6.45, 7) is 3.04. The number of likely N-dealkylation sites (tertiary alicyclic amines) is 2. The van der Waals surface area contributed by atoms with Crippen LogP contribution in [0, 0.1) is 5.92 Å². The SMILES string of the molecule is CN1CCCC(CNC(=O)N2CCCC(O)C2)C1c1cccs1. The summed E-state index contributed by atoms with van der Waals surface area (Å²) in [5.41, 5.74) is 0. The number of carbonyl (C=O) groups is 1. The fourth-order valence-corrected chi connectivity index (χ4v) is 4.84. The second kappa shape index (κ2) is 7.64. The molecule has 3 heterocycles. The lowest BCUT2D eigenvalue weighted by atomic mass is 9.88. The van der Waals surface area contributed by atoms with Gasteiger partial charge in [0.25, 0.3) is 0 Å². The Balaban J connectivity index is 1.58. The minimum absolute atomic E-state index is 0.0260. The zero-order valence-corrected chi connectivity index (χ0v) is 14.6. The fraction of sp³-hybridized carbons (Fsp3) is 0.706. The quantitative estimate of drug-likeness (QED) is 0.890. The summed E-state index contributed by atoms with van der Waals surface area (Å²) < 4.78 is 0. The molecule has 0 saturated carbocycles. The molecule has 23 heavy (non-hydrogen) atoms. The Morgan fingerprint density at radius 1 is 1.39 bits per heavy atom. The van der Waals surface area contributed by atoms with Crippen molar-refractivity contribution >= 4 is 17.4 Å². The molecule has 0 spiro atoms. The molecule has 0 aliphatic carbocycles. The van der Waals surface area contributed by atoms with Gasteiger partial charge in [-0.25, -0.2) is 4.79 Å². The van der Waals surface area contributed by atoms with Crippen LogP contribution in [0.25, 0.3) is 0 Å². The summed E-state index contributed by atoms with van der Waals surface area (Å²) in [5.74, 6) is 0.450. The number of hydrogen-bond acceptors (Lipinski definition) is 4. The molecular weight excluding hydrogens is 310 g/mol. The van der Waals surface area contributed by atoms with E-state index in [1.807, 2.05) is 0 Å². The van der Waals surface area contributed by atoms with E-state index in [9.17, 15) is 9.90 Å². The van der Waals surface area contributed by atoms with Crippen molar-refractivity contribution < 1.29 is 9.90 Å². The minimum atomic E-state index is -0.366. The summed E-state index contributed by atoms with van der Waals surface area (Å²) in [6.07, 6.45) is 3.65. The van der Waals surface area contributed by atoms with Crippen LogP contribution >= 0.6 is 11.3 Å². The number of piperidine rings is 2. The van der Waals surface area contributed by atoms with Gasteiger partial charge >= 0.3 is 6.03 Å².